The predicted octanol–water partition coefficient (Wildman–Crippen LogP) is 5.35. The van der Waals surface area contributed by atoms with Crippen LogP contribution in [0, 0.1) is 11.3 Å². The molecule has 31 heavy (non-hydrogen) atoms. The van der Waals surface area contributed by atoms with Crippen molar-refractivity contribution >= 4 is 17.6 Å². The lowest BCUT2D eigenvalue weighted by Gasteiger charge is -2.09. The molecule has 3 aromatic rings. The van der Waals surface area contributed by atoms with Crippen molar-refractivity contribution in [2.24, 2.45) is 0 Å². The molecule has 0 aromatic heterocycles. The van der Waals surface area contributed by atoms with E-state index in [1.54, 1.807) is 56.7 Å². The van der Waals surface area contributed by atoms with Gasteiger partial charge >= 0.3 is 5.97 Å². The van der Waals surface area contributed by atoms with Crippen molar-refractivity contribution in [1.29, 1.82) is 5.26 Å². The van der Waals surface area contributed by atoms with Crippen LogP contribution in [0.1, 0.15) is 21.5 Å². The smallest absolute Gasteiger partial charge is 0.337 e. The third-order valence-corrected chi connectivity index (χ3v) is 4.52. The van der Waals surface area contributed by atoms with Crippen LogP contribution in [-0.4, -0.2) is 27.3 Å². The quantitative estimate of drug-likeness (QED) is 0.294. The van der Waals surface area contributed by atoms with Crippen LogP contribution < -0.4 is 14.2 Å². The summed E-state index contributed by atoms with van der Waals surface area (Å²) in [6, 6.07) is 21.6. The van der Waals surface area contributed by atoms with E-state index in [2.05, 4.69) is 10.8 Å². The highest BCUT2D eigenvalue weighted by Gasteiger charge is 2.09. The van der Waals surface area contributed by atoms with Crippen LogP contribution in [0.3, 0.4) is 0 Å². The van der Waals surface area contributed by atoms with Gasteiger partial charge in [-0.05, 0) is 71.8 Å². The van der Waals surface area contributed by atoms with Gasteiger partial charge in [0.1, 0.15) is 11.5 Å². The Morgan fingerprint density at radius 1 is 0.806 bits per heavy atom. The minimum absolute atomic E-state index is 0.398. The van der Waals surface area contributed by atoms with Crippen LogP contribution in [0.4, 0.5) is 0 Å². The Labute approximate surface area is 180 Å². The third kappa shape index (κ3) is 5.22. The van der Waals surface area contributed by atoms with E-state index in [9.17, 15) is 10.1 Å². The van der Waals surface area contributed by atoms with E-state index in [-0.39, 0.29) is 0 Å². The van der Waals surface area contributed by atoms with Crippen molar-refractivity contribution in [2.45, 2.75) is 0 Å². The van der Waals surface area contributed by atoms with Gasteiger partial charge in [0.05, 0.1) is 38.5 Å². The highest BCUT2D eigenvalue weighted by Crippen LogP contribution is 2.31. The summed E-state index contributed by atoms with van der Waals surface area (Å²) >= 11 is 0. The lowest BCUT2D eigenvalue weighted by atomic mass is 10.0. The molecule has 156 valence electrons. The van der Waals surface area contributed by atoms with Crippen molar-refractivity contribution < 1.29 is 23.7 Å². The number of methoxy groups -OCH3 is 3. The fourth-order valence-corrected chi connectivity index (χ4v) is 2.90. The normalized spacial score (nSPS) is 10.7. The highest BCUT2D eigenvalue weighted by molar-refractivity contribution is 5.90. The zero-order chi connectivity index (χ0) is 22.2. The predicted molar refractivity (Wildman–Crippen MR) is 117 cm³/mol. The molecule has 0 radical (unpaired) electrons. The molecule has 0 aliphatic carbocycles. The average Bonchev–Trinajstić information content (AvgIpc) is 2.83. The molecule has 0 atom stereocenters. The van der Waals surface area contributed by atoms with Crippen LogP contribution in [0.15, 0.2) is 66.7 Å². The average molecular weight is 415 g/mol. The van der Waals surface area contributed by atoms with E-state index in [0.29, 0.717) is 34.1 Å². The number of benzene rings is 3. The maximum Gasteiger partial charge on any atom is 0.337 e. The minimum atomic E-state index is -0.398. The van der Waals surface area contributed by atoms with E-state index in [4.69, 9.17) is 14.2 Å². The number of hydrogen-bond donors (Lipinski definition) is 0. The van der Waals surface area contributed by atoms with Gasteiger partial charge in [-0.3, -0.25) is 0 Å². The fourth-order valence-electron chi connectivity index (χ4n) is 2.90. The molecule has 0 saturated heterocycles. The summed E-state index contributed by atoms with van der Waals surface area (Å²) in [4.78, 5) is 11.5. The fraction of sp³-hybridized carbons (Fsp3) is 0.120. The summed E-state index contributed by atoms with van der Waals surface area (Å²) < 4.78 is 21.1. The molecule has 3 rings (SSSR count). The summed E-state index contributed by atoms with van der Waals surface area (Å²) in [5.74, 6) is 1.99. The van der Waals surface area contributed by atoms with Crippen LogP contribution in [0.25, 0.3) is 11.6 Å². The molecule has 0 bridgehead atoms. The Morgan fingerprint density at radius 3 is 1.94 bits per heavy atom. The first-order chi connectivity index (χ1) is 15.1. The topological polar surface area (TPSA) is 77.8 Å². The van der Waals surface area contributed by atoms with E-state index in [0.717, 1.165) is 11.1 Å². The molecule has 0 unspecified atom stereocenters. The summed E-state index contributed by atoms with van der Waals surface area (Å²) in [6.07, 6.45) is 1.79. The van der Waals surface area contributed by atoms with Gasteiger partial charge in [0.25, 0.3) is 0 Å². The molecule has 0 spiro atoms. The van der Waals surface area contributed by atoms with Gasteiger partial charge in [-0.2, -0.15) is 5.26 Å². The van der Waals surface area contributed by atoms with E-state index in [1.807, 2.05) is 30.3 Å². The molecule has 6 nitrogen and oxygen atoms in total. The highest BCUT2D eigenvalue weighted by atomic mass is 16.5. The van der Waals surface area contributed by atoms with Gasteiger partial charge in [-0.25, -0.2) is 4.79 Å². The van der Waals surface area contributed by atoms with Gasteiger partial charge in [-0.15, -0.1) is 0 Å². The van der Waals surface area contributed by atoms with E-state index >= 15 is 0 Å². The maximum absolute atomic E-state index is 11.5. The Bertz CT molecular complexity index is 1130. The van der Waals surface area contributed by atoms with Crippen molar-refractivity contribution in [1.82, 2.24) is 0 Å². The second-order valence-corrected chi connectivity index (χ2v) is 6.43. The maximum atomic E-state index is 11.5. The summed E-state index contributed by atoms with van der Waals surface area (Å²) in [6.45, 7) is 0. The number of esters is 1. The number of carbonyl (C=O) groups is 1. The standard InChI is InChI=1S/C25H21NO5/c1-28-23-13-8-19(15-24(23)29-2)20(16-26)14-17-4-9-21(10-5-17)31-22-11-6-18(7-12-22)25(27)30-3/h4-15H,1-3H3/b20-14+. The largest absolute Gasteiger partial charge is 0.493 e. The second-order valence-electron chi connectivity index (χ2n) is 6.43. The third-order valence-electron chi connectivity index (χ3n) is 4.52. The molecule has 0 aliphatic heterocycles. The van der Waals surface area contributed by atoms with Crippen LogP contribution in [0.5, 0.6) is 23.0 Å². The number of nitriles is 1. The van der Waals surface area contributed by atoms with E-state index < -0.39 is 5.97 Å². The van der Waals surface area contributed by atoms with Gasteiger partial charge in [0.15, 0.2) is 11.5 Å². The summed E-state index contributed by atoms with van der Waals surface area (Å²) in [5, 5.41) is 9.61. The van der Waals surface area contributed by atoms with Crippen molar-refractivity contribution in [2.75, 3.05) is 21.3 Å². The monoisotopic (exact) mass is 415 g/mol. The van der Waals surface area contributed by atoms with Crippen LogP contribution in [0.2, 0.25) is 0 Å². The number of rotatable bonds is 7. The van der Waals surface area contributed by atoms with Crippen molar-refractivity contribution in [3.05, 3.63) is 83.4 Å². The number of nitrogens with zero attached hydrogens (tertiary/aromatic N) is 1. The SMILES string of the molecule is COC(=O)c1ccc(Oc2ccc(/C=C(\C#N)c3ccc(OC)c(OC)c3)cc2)cc1. The molecule has 0 saturated carbocycles. The van der Waals surface area contributed by atoms with Gasteiger partial charge in [0, 0.05) is 0 Å². The zero-order valence-electron chi connectivity index (χ0n) is 17.4. The van der Waals surface area contributed by atoms with Gasteiger partial charge in [-0.1, -0.05) is 12.1 Å². The molecule has 0 N–H and O–H groups in total. The second kappa shape index (κ2) is 9.99. The molecular formula is C25H21NO5. The van der Waals surface area contributed by atoms with Crippen LogP contribution in [-0.2, 0) is 4.74 Å². The first-order valence-electron chi connectivity index (χ1n) is 9.38. The number of ether oxygens (including phenoxy) is 4. The Morgan fingerprint density at radius 2 is 1.39 bits per heavy atom. The number of carbonyl (C=O) groups excluding carboxylic acids is 1. The van der Waals surface area contributed by atoms with Crippen LogP contribution >= 0.6 is 0 Å². The summed E-state index contributed by atoms with van der Waals surface area (Å²) in [5.41, 5.74) is 2.52. The Kier molecular flexibility index (Phi) is 6.92. The summed E-state index contributed by atoms with van der Waals surface area (Å²) in [7, 11) is 4.46. The first kappa shape index (κ1) is 21.5. The molecule has 0 aliphatic rings. The zero-order valence-corrected chi connectivity index (χ0v) is 17.4. The molecule has 3 aromatic carbocycles. The molecular weight excluding hydrogens is 394 g/mol. The molecule has 0 amide bonds. The van der Waals surface area contributed by atoms with Crippen molar-refractivity contribution in [3.8, 4) is 29.1 Å². The van der Waals surface area contributed by atoms with Gasteiger partial charge < -0.3 is 18.9 Å². The van der Waals surface area contributed by atoms with Gasteiger partial charge in [0.2, 0.25) is 0 Å². The molecule has 0 fully saturated rings. The lowest BCUT2D eigenvalue weighted by Crippen LogP contribution is -2.00. The first-order valence-corrected chi connectivity index (χ1v) is 9.38. The number of allylic oxidation sites excluding steroid dienone is 1. The Hall–Kier alpha value is -4.24. The molecule has 6 heteroatoms. The van der Waals surface area contributed by atoms with Crippen molar-refractivity contribution in [3.63, 3.8) is 0 Å². The number of hydrogen-bond acceptors (Lipinski definition) is 6. The Balaban J connectivity index is 1.76. The molecule has 0 heterocycles. The lowest BCUT2D eigenvalue weighted by molar-refractivity contribution is 0.0600. The minimum Gasteiger partial charge on any atom is -0.493 e. The van der Waals surface area contributed by atoms with E-state index in [1.165, 1.54) is 7.11 Å².